The van der Waals surface area contributed by atoms with Gasteiger partial charge in [0.1, 0.15) is 5.69 Å². The minimum Gasteiger partial charge on any atom is -0.382 e. The van der Waals surface area contributed by atoms with E-state index in [1.165, 1.54) is 5.56 Å². The molecule has 2 aliphatic rings. The summed E-state index contributed by atoms with van der Waals surface area (Å²) in [5, 5.41) is 7.31. The number of aromatic nitrogens is 3. The Labute approximate surface area is 929 Å². The molecule has 2 fully saturated rings. The van der Waals surface area contributed by atoms with Gasteiger partial charge in [-0.2, -0.15) is 0 Å². The summed E-state index contributed by atoms with van der Waals surface area (Å²) in [6.45, 7) is -13.5. The lowest BCUT2D eigenvalue weighted by Gasteiger charge is -2.63. The van der Waals surface area contributed by atoms with Gasteiger partial charge in [0.25, 0.3) is 0 Å². The highest BCUT2D eigenvalue weighted by Gasteiger charge is 2.66. The van der Waals surface area contributed by atoms with Crippen molar-refractivity contribution in [2.24, 2.45) is 0 Å². The summed E-state index contributed by atoms with van der Waals surface area (Å²) in [5.41, 5.74) is 10.5. The second-order valence-corrected chi connectivity index (χ2v) is 394. The van der Waals surface area contributed by atoms with Crippen LogP contribution in [0.1, 0.15) is 24.8 Å². The number of nitrogens with one attached hydrogen (secondary N) is 1. The standard InChI is InChI=1S/C29H31N5O5S.H91P89/c30-29-28(27-15-25(34-39-27)20-3-1-19(2-4-20)16-31-22-9-12-38-18-22)33-26(17-32-29)21-5-7-23(8-6-21)40(35,36)24-10-13-37-14-11-24;1-46-69(47(2)3)80(68(44)45)86(81(70(48(4)5)49(6)7)71(50(8)9)51(10)11)89(87(82(72(52(12)13)53(14)15)73(54(16)17)55(18)19)83(74(56(20)21)57(22)23)75(58(24)25)59(26)27)88(84(76(60(28)29)61(30)31)77(62(32)33)63(34)35)85(78(64(36)37)65(38)39)79(66(40)41)67(42)43/h1-8,15,17,22,24,31H,9-14,16,18H2,(H2,30,32);46H,1-45H2/t22-;/m0./s1. The van der Waals surface area contributed by atoms with Crippen LogP contribution in [0.25, 0.3) is 34.0 Å². The van der Waals surface area contributed by atoms with Crippen LogP contribution >= 0.6 is 710 Å². The van der Waals surface area contributed by atoms with Crippen LogP contribution in [-0.4, -0.2) is 61.3 Å². The van der Waals surface area contributed by atoms with Gasteiger partial charge < -0.3 is 25.0 Å². The smallest absolute Gasteiger partial charge is 0.189 e. The molecule has 0 bridgehead atoms. The fourth-order valence-electron chi connectivity index (χ4n) is 10.4. The average Bonchev–Trinajstić information content (AvgIpc) is 1.16. The molecule has 6 rings (SSSR count). The highest BCUT2D eigenvalue weighted by Crippen LogP contribution is 3.53. The highest BCUT2D eigenvalue weighted by atomic mass is 33.6. The molecule has 4 aromatic rings. The second kappa shape index (κ2) is 81.3. The van der Waals surface area contributed by atoms with E-state index in [4.69, 9.17) is 19.7 Å². The van der Waals surface area contributed by atoms with Crippen molar-refractivity contribution in [1.29, 1.82) is 0 Å². The maximum Gasteiger partial charge on any atom is 0.189 e. The number of benzene rings is 2. The van der Waals surface area contributed by atoms with E-state index in [9.17, 15) is 8.42 Å². The SMILES string of the molecule is Nc1ncc(-c2ccc(S(=O)(=O)C3CCOCC3)cc2)nc1-c1cc(-c2ccc(CN[C@H]3CCOC3)cc2)no1.PPP(P(P)P)P(P(P)P)P(P(P(P(P)P)P(P)P)P(P(P)P)P(P)P)P(P(P(P(P(P)P)P(P)P)P(P(P)P)P(P)P)P(P(P(P)P)P(P)P)P(P(P)P)P(P)P)P(P(P(P(P)P)P(P)P)P(P(P)P)P(P)P)P(P(P(P)P)P(P)P)P(P(P)P)P(P)P. The lowest BCUT2D eigenvalue weighted by atomic mass is 10.1. The maximum absolute atomic E-state index is 13.0. The molecular weight excluding hydrogens is 3290 g/mol. The summed E-state index contributed by atoms with van der Waals surface area (Å²) >= 11 is 0. The number of hydrogen-bond donors (Lipinski definition) is 2. The number of sulfone groups is 1. The monoisotopic (exact) mass is 3410 g/mol. The molecule has 0 aliphatic carbocycles. The topological polar surface area (TPSA) is 142 Å². The number of rotatable bonds is 51. The molecule has 0 amide bonds. The van der Waals surface area contributed by atoms with Gasteiger partial charge in [-0.15, -0.1) is 402 Å². The summed E-state index contributed by atoms with van der Waals surface area (Å²) in [7, 11) is 166. The predicted octanol–water partition coefficient (Wildman–Crippen LogP) is 56.2. The number of hydrogen-bond acceptors (Lipinski definition) is 10. The van der Waals surface area contributed by atoms with Crippen LogP contribution in [0.5, 0.6) is 0 Å². The Morgan fingerprint density at radius 2 is 0.620 bits per heavy atom. The first kappa shape index (κ1) is 154. The molecule has 50 atom stereocenters. The van der Waals surface area contributed by atoms with Gasteiger partial charge in [-0.25, -0.2) is 18.4 Å². The van der Waals surface area contributed by atoms with E-state index in [1.807, 2.05) is 12.1 Å². The van der Waals surface area contributed by atoms with Crippen molar-refractivity contribution >= 4 is 726 Å². The van der Waals surface area contributed by atoms with Crippen LogP contribution in [-0.2, 0) is 25.9 Å². The summed E-state index contributed by atoms with van der Waals surface area (Å²) < 4.78 is 42.4. The summed E-state index contributed by atoms with van der Waals surface area (Å²) in [4.78, 5) is 9.27. The molecule has 129 heavy (non-hydrogen) atoms. The van der Waals surface area contributed by atoms with Gasteiger partial charge in [0.15, 0.2) is 27.1 Å². The Morgan fingerprint density at radius 3 is 0.891 bits per heavy atom. The van der Waals surface area contributed by atoms with Gasteiger partial charge in [0.05, 0.1) is 28.6 Å². The lowest BCUT2D eigenvalue weighted by Crippen LogP contribution is -2.28. The van der Waals surface area contributed by atoms with E-state index in [2.05, 4.69) is 434 Å². The first-order valence-electron chi connectivity index (χ1n) is 33.7. The van der Waals surface area contributed by atoms with Crippen molar-refractivity contribution in [3.05, 3.63) is 66.4 Å². The Morgan fingerprint density at radius 1 is 0.349 bits per heavy atom. The van der Waals surface area contributed by atoms with Gasteiger partial charge >= 0.3 is 0 Å². The molecule has 2 aliphatic heterocycles. The zero-order chi connectivity index (χ0) is 98.1. The zero-order valence-corrected chi connectivity index (χ0v) is 160. The van der Waals surface area contributed by atoms with Crippen molar-refractivity contribution < 1.29 is 22.4 Å². The third-order valence-electron chi connectivity index (χ3n) is 15.3. The number of nitrogens with two attached hydrogens (primary N) is 1. The maximum atomic E-state index is 13.0. The van der Waals surface area contributed by atoms with Gasteiger partial charge in [-0.1, -0.05) is 49.5 Å². The fraction of sp³-hybridized carbons (Fsp3) is 0.345. The van der Waals surface area contributed by atoms with Gasteiger partial charge in [0, 0.05) is 49.6 Å². The average molecular weight is 3410 g/mol. The van der Waals surface area contributed by atoms with Crippen LogP contribution in [0.2, 0.25) is 0 Å². The molecule has 4 heterocycles. The van der Waals surface area contributed by atoms with E-state index in [0.29, 0.717) is 65.4 Å². The zero-order valence-electron chi connectivity index (χ0n) is 67.7. The largest absolute Gasteiger partial charge is 0.382 e. The van der Waals surface area contributed by atoms with Crippen LogP contribution in [0.4, 0.5) is 5.82 Å². The Bertz CT molecular complexity index is 3590. The van der Waals surface area contributed by atoms with Crippen molar-refractivity contribution in [2.75, 3.05) is 32.2 Å². The molecule has 744 valence electrons. The Balaban J connectivity index is 0.000000600. The van der Waals surface area contributed by atoms with Crippen LogP contribution in [0, 0.1) is 0 Å². The van der Waals surface area contributed by atoms with Gasteiger partial charge in [-0.05, 0) is 337 Å². The molecule has 2 saturated heterocycles. The highest BCUT2D eigenvalue weighted by molar-refractivity contribution is 9.59. The van der Waals surface area contributed by atoms with E-state index in [0.717, 1.165) is 39.7 Å². The van der Waals surface area contributed by atoms with Crippen molar-refractivity contribution in [3.8, 4) is 34.0 Å². The molecule has 100 heteroatoms. The molecule has 0 radical (unpaired) electrons. The van der Waals surface area contributed by atoms with Crippen LogP contribution in [0.3, 0.4) is 0 Å². The summed E-state index contributed by atoms with van der Waals surface area (Å²) in [5.74, 6) is 0.607. The summed E-state index contributed by atoms with van der Waals surface area (Å²) in [6, 6.07) is 17.0. The van der Waals surface area contributed by atoms with E-state index in [-0.39, 0.29) is 236 Å². The fourth-order valence-corrected chi connectivity index (χ4v) is 1330. The van der Waals surface area contributed by atoms with Gasteiger partial charge in [-0.3, -0.25) is 0 Å². The molecule has 2 aromatic carbocycles. The minimum absolute atomic E-state index is 0.211. The Kier molecular flexibility index (Phi) is 97.0. The molecular formula is C29H122N5O5P89S. The molecule has 2 aromatic heterocycles. The second-order valence-electron chi connectivity index (χ2n) is 24.2. The van der Waals surface area contributed by atoms with Crippen molar-refractivity contribution in [2.45, 2.75) is 42.0 Å². The third kappa shape index (κ3) is 49.7. The van der Waals surface area contributed by atoms with E-state index < -0.39 is 85.0 Å². The number of nitrogen functional groups attached to an aromatic ring is 1. The van der Waals surface area contributed by atoms with Crippen LogP contribution < -0.4 is 11.1 Å². The molecule has 0 spiro atoms. The van der Waals surface area contributed by atoms with E-state index in [1.54, 1.807) is 36.5 Å². The lowest BCUT2D eigenvalue weighted by molar-refractivity contribution is 0.0983. The molecule has 0 saturated carbocycles. The number of ether oxygens (including phenoxy) is 2. The third-order valence-corrected chi connectivity index (χ3v) is 648. The normalized spacial score (nSPS) is 16.5. The van der Waals surface area contributed by atoms with E-state index >= 15 is 0 Å². The quantitative estimate of drug-likeness (QED) is 0.0410. The van der Waals surface area contributed by atoms with Crippen molar-refractivity contribution in [1.82, 2.24) is 20.4 Å². The van der Waals surface area contributed by atoms with Crippen LogP contribution in [0.15, 0.2) is 70.2 Å². The van der Waals surface area contributed by atoms with Crippen molar-refractivity contribution in [3.63, 3.8) is 0 Å². The minimum atomic E-state index is -3.42. The number of nitrogens with zero attached hydrogens (tertiary/aromatic N) is 3. The first-order valence-corrected chi connectivity index (χ1v) is 197. The number of anilines is 1. The van der Waals surface area contributed by atoms with Gasteiger partial charge in [0.2, 0.25) is 0 Å². The summed E-state index contributed by atoms with van der Waals surface area (Å²) in [6.07, 6.45) is 3.61. The molecule has 49 unspecified atom stereocenters. The predicted molar refractivity (Wildman–Crippen MR) is 893 cm³/mol. The molecule has 10 nitrogen and oxygen atoms in total. The molecule has 3 N–H and O–H groups in total. The Hall–Kier alpha value is 34.6. The first-order chi connectivity index (χ1) is 60.0.